The monoisotopic (exact) mass is 490 g/mol. The first-order chi connectivity index (χ1) is 15.7. The van der Waals surface area contributed by atoms with Gasteiger partial charge < -0.3 is 10.6 Å². The smallest absolute Gasteiger partial charge is 0.349 e. The van der Waals surface area contributed by atoms with Crippen LogP contribution in [0.25, 0.3) is 6.08 Å². The van der Waals surface area contributed by atoms with Gasteiger partial charge in [-0.1, -0.05) is 31.2 Å². The zero-order valence-corrected chi connectivity index (χ0v) is 18.0. The number of benzene rings is 2. The van der Waals surface area contributed by atoms with Gasteiger partial charge in [0.05, 0.1) is 11.6 Å². The molecular weight excluding hydrogens is 469 g/mol. The second-order valence-electron chi connectivity index (χ2n) is 7.36. The van der Waals surface area contributed by atoms with Crippen LogP contribution in [0.1, 0.15) is 54.6 Å². The van der Waals surface area contributed by atoms with Gasteiger partial charge >= 0.3 is 12.4 Å². The van der Waals surface area contributed by atoms with E-state index in [4.69, 9.17) is 0 Å². The number of halogens is 7. The molecular formula is C23H21F7N2O2. The van der Waals surface area contributed by atoms with Gasteiger partial charge in [0.25, 0.3) is 0 Å². The number of carbonyl (C=O) groups excluding carboxylic acids is 2. The van der Waals surface area contributed by atoms with Crippen LogP contribution in [0.5, 0.6) is 0 Å². The van der Waals surface area contributed by atoms with E-state index in [1.54, 1.807) is 19.2 Å². The molecule has 0 aliphatic heterocycles. The molecule has 0 aliphatic carbocycles. The van der Waals surface area contributed by atoms with Crippen molar-refractivity contribution in [1.29, 1.82) is 0 Å². The van der Waals surface area contributed by atoms with Crippen molar-refractivity contribution in [2.45, 2.75) is 44.7 Å². The summed E-state index contributed by atoms with van der Waals surface area (Å²) in [6.07, 6.45) is -7.95. The molecule has 0 fully saturated rings. The quantitative estimate of drug-likeness (QED) is 0.377. The van der Waals surface area contributed by atoms with Crippen molar-refractivity contribution in [3.8, 4) is 0 Å². The Morgan fingerprint density at radius 1 is 1.00 bits per heavy atom. The first-order valence-electron chi connectivity index (χ1n) is 10.0. The Morgan fingerprint density at radius 2 is 1.68 bits per heavy atom. The maximum atomic E-state index is 14.4. The summed E-state index contributed by atoms with van der Waals surface area (Å²) in [5.41, 5.74) is -1.76. The van der Waals surface area contributed by atoms with E-state index in [1.165, 1.54) is 12.1 Å². The van der Waals surface area contributed by atoms with Crippen LogP contribution in [0.2, 0.25) is 0 Å². The van der Waals surface area contributed by atoms with Crippen LogP contribution in [-0.4, -0.2) is 18.0 Å². The van der Waals surface area contributed by atoms with Crippen LogP contribution in [0.15, 0.2) is 48.5 Å². The van der Waals surface area contributed by atoms with Gasteiger partial charge in [0.1, 0.15) is 5.82 Å². The highest BCUT2D eigenvalue weighted by Gasteiger charge is 2.42. The van der Waals surface area contributed by atoms with Gasteiger partial charge in [0.15, 0.2) is 6.04 Å². The number of hydrogen-bond acceptors (Lipinski definition) is 2. The standard InChI is InChI=1S/C23H21F7N2O2/c1-3-19(33)31-13(2)17-9-7-14(11-18(17)24)8-10-20(34)32-21(23(28,29)30)15-5-4-6-16(12-15)22(25,26)27/h4-13,21H,3H2,1-2H3,(H,31,33)(H,32,34)/b10-8+. The third kappa shape index (κ3) is 7.32. The van der Waals surface area contributed by atoms with Gasteiger partial charge in [-0.05, 0) is 42.3 Å². The summed E-state index contributed by atoms with van der Waals surface area (Å²) in [4.78, 5) is 23.5. The first kappa shape index (κ1) is 26.9. The lowest BCUT2D eigenvalue weighted by Gasteiger charge is -2.22. The highest BCUT2D eigenvalue weighted by molar-refractivity contribution is 5.92. The van der Waals surface area contributed by atoms with E-state index in [0.29, 0.717) is 18.2 Å². The molecule has 0 saturated carbocycles. The molecule has 11 heteroatoms. The van der Waals surface area contributed by atoms with E-state index in [0.717, 1.165) is 24.3 Å². The maximum Gasteiger partial charge on any atom is 0.416 e. The Hall–Kier alpha value is -3.37. The SMILES string of the molecule is CCC(=O)NC(C)c1ccc(/C=C/C(=O)NC(c2cccc(C(F)(F)F)c2)C(F)(F)F)cc1F. The fraction of sp³-hybridized carbons (Fsp3) is 0.304. The van der Waals surface area contributed by atoms with E-state index in [1.807, 2.05) is 0 Å². The highest BCUT2D eigenvalue weighted by atomic mass is 19.4. The van der Waals surface area contributed by atoms with Crippen LogP contribution < -0.4 is 10.6 Å². The molecule has 4 nitrogen and oxygen atoms in total. The summed E-state index contributed by atoms with van der Waals surface area (Å²) < 4.78 is 93.3. The lowest BCUT2D eigenvalue weighted by Crippen LogP contribution is -2.37. The zero-order chi connectivity index (χ0) is 25.7. The molecule has 0 heterocycles. The molecule has 0 bridgehead atoms. The number of nitrogens with one attached hydrogen (secondary N) is 2. The van der Waals surface area contributed by atoms with Crippen molar-refractivity contribution in [3.05, 3.63) is 76.6 Å². The third-order valence-electron chi connectivity index (χ3n) is 4.78. The van der Waals surface area contributed by atoms with Gasteiger partial charge in [-0.3, -0.25) is 9.59 Å². The van der Waals surface area contributed by atoms with Crippen LogP contribution in [0.3, 0.4) is 0 Å². The minimum absolute atomic E-state index is 0.146. The normalized spacial score (nSPS) is 14.0. The molecule has 2 rings (SSSR count). The summed E-state index contributed by atoms with van der Waals surface area (Å²) in [6, 6.07) is 3.03. The molecule has 0 aromatic heterocycles. The van der Waals surface area contributed by atoms with Crippen molar-refractivity contribution in [3.63, 3.8) is 0 Å². The third-order valence-corrected chi connectivity index (χ3v) is 4.78. The second-order valence-corrected chi connectivity index (χ2v) is 7.36. The first-order valence-corrected chi connectivity index (χ1v) is 10.0. The summed E-state index contributed by atoms with van der Waals surface area (Å²) in [5, 5.41) is 4.22. The number of carbonyl (C=O) groups is 2. The molecule has 34 heavy (non-hydrogen) atoms. The van der Waals surface area contributed by atoms with Crippen molar-refractivity contribution in [2.24, 2.45) is 0 Å². The van der Waals surface area contributed by atoms with E-state index in [9.17, 15) is 40.3 Å². The predicted molar refractivity (Wildman–Crippen MR) is 111 cm³/mol. The van der Waals surface area contributed by atoms with Crippen LogP contribution in [0, 0.1) is 5.82 Å². The Bertz CT molecular complexity index is 1060. The van der Waals surface area contributed by atoms with Crippen LogP contribution in [0.4, 0.5) is 30.7 Å². The molecule has 2 unspecified atom stereocenters. The van der Waals surface area contributed by atoms with E-state index < -0.39 is 47.3 Å². The number of rotatable bonds is 7. The minimum atomic E-state index is -5.07. The van der Waals surface area contributed by atoms with E-state index >= 15 is 0 Å². The van der Waals surface area contributed by atoms with Crippen molar-refractivity contribution >= 4 is 17.9 Å². The molecule has 184 valence electrons. The van der Waals surface area contributed by atoms with E-state index in [2.05, 4.69) is 5.32 Å². The maximum absolute atomic E-state index is 14.4. The van der Waals surface area contributed by atoms with Crippen molar-refractivity contribution < 1.29 is 40.3 Å². The zero-order valence-electron chi connectivity index (χ0n) is 18.0. The average Bonchev–Trinajstić information content (AvgIpc) is 2.74. The summed E-state index contributed by atoms with van der Waals surface area (Å²) in [7, 11) is 0. The Labute approximate surface area is 190 Å². The van der Waals surface area contributed by atoms with Crippen LogP contribution >= 0.6 is 0 Å². The lowest BCUT2D eigenvalue weighted by atomic mass is 10.0. The van der Waals surface area contributed by atoms with E-state index in [-0.39, 0.29) is 23.5 Å². The molecule has 2 aromatic carbocycles. The molecule has 2 amide bonds. The number of alkyl halides is 6. The van der Waals surface area contributed by atoms with Crippen molar-refractivity contribution in [2.75, 3.05) is 0 Å². The molecule has 0 saturated heterocycles. The van der Waals surface area contributed by atoms with Gasteiger partial charge in [-0.15, -0.1) is 0 Å². The largest absolute Gasteiger partial charge is 0.416 e. The molecule has 0 aliphatic rings. The van der Waals surface area contributed by atoms with Gasteiger partial charge in [0, 0.05) is 18.1 Å². The Morgan fingerprint density at radius 3 is 2.24 bits per heavy atom. The second kappa shape index (κ2) is 10.7. The molecule has 0 radical (unpaired) electrons. The number of hydrogen-bond donors (Lipinski definition) is 2. The average molecular weight is 490 g/mol. The predicted octanol–water partition coefficient (Wildman–Crippen LogP) is 5.86. The molecule has 2 atom stereocenters. The number of amides is 2. The highest BCUT2D eigenvalue weighted by Crippen LogP contribution is 2.36. The Balaban J connectivity index is 2.18. The fourth-order valence-corrected chi connectivity index (χ4v) is 3.03. The lowest BCUT2D eigenvalue weighted by molar-refractivity contribution is -0.162. The van der Waals surface area contributed by atoms with Crippen LogP contribution in [-0.2, 0) is 15.8 Å². The minimum Gasteiger partial charge on any atom is -0.349 e. The van der Waals surface area contributed by atoms with Crippen molar-refractivity contribution in [1.82, 2.24) is 10.6 Å². The fourth-order valence-electron chi connectivity index (χ4n) is 3.03. The topological polar surface area (TPSA) is 58.2 Å². The summed E-state index contributed by atoms with van der Waals surface area (Å²) in [6.45, 7) is 3.20. The molecule has 0 spiro atoms. The summed E-state index contributed by atoms with van der Waals surface area (Å²) in [5.74, 6) is -2.23. The van der Waals surface area contributed by atoms with Gasteiger partial charge in [-0.2, -0.15) is 26.3 Å². The summed E-state index contributed by atoms with van der Waals surface area (Å²) >= 11 is 0. The molecule has 2 aromatic rings. The van der Waals surface area contributed by atoms with Gasteiger partial charge in [-0.25, -0.2) is 4.39 Å². The van der Waals surface area contributed by atoms with Gasteiger partial charge in [0.2, 0.25) is 11.8 Å². The Kier molecular flexibility index (Phi) is 8.46. The molecule has 2 N–H and O–H groups in total.